The molecule has 1 saturated carbocycles. The van der Waals surface area contributed by atoms with E-state index in [1.54, 1.807) is 0 Å². The minimum atomic E-state index is 0.00403. The zero-order chi connectivity index (χ0) is 11.5. The summed E-state index contributed by atoms with van der Waals surface area (Å²) >= 11 is 0. The van der Waals surface area contributed by atoms with Gasteiger partial charge in [0.1, 0.15) is 0 Å². The van der Waals surface area contributed by atoms with Gasteiger partial charge in [-0.2, -0.15) is 0 Å². The molecule has 4 nitrogen and oxygen atoms in total. The lowest BCUT2D eigenvalue weighted by molar-refractivity contribution is -0.127. The van der Waals surface area contributed by atoms with Crippen LogP contribution < -0.4 is 11.1 Å². The van der Waals surface area contributed by atoms with Crippen molar-refractivity contribution < 1.29 is 9.53 Å². The van der Waals surface area contributed by atoms with E-state index < -0.39 is 0 Å². The highest BCUT2D eigenvalue weighted by Crippen LogP contribution is 2.28. The lowest BCUT2D eigenvalue weighted by Crippen LogP contribution is -2.49. The Morgan fingerprint density at radius 3 is 2.88 bits per heavy atom. The van der Waals surface area contributed by atoms with Crippen molar-refractivity contribution in [3.63, 3.8) is 0 Å². The first kappa shape index (κ1) is 11.9. The number of nitrogens with one attached hydrogen (secondary N) is 1. The summed E-state index contributed by atoms with van der Waals surface area (Å²) in [5.41, 5.74) is 6.11. The fourth-order valence-electron chi connectivity index (χ4n) is 2.70. The highest BCUT2D eigenvalue weighted by atomic mass is 16.5. The van der Waals surface area contributed by atoms with Crippen LogP contribution in [0.3, 0.4) is 0 Å². The molecule has 2 rings (SSSR count). The third kappa shape index (κ3) is 2.55. The molecule has 0 radical (unpaired) electrons. The first-order valence-electron chi connectivity index (χ1n) is 6.32. The summed E-state index contributed by atoms with van der Waals surface area (Å²) in [6.45, 7) is 3.56. The average molecular weight is 226 g/mol. The van der Waals surface area contributed by atoms with E-state index in [-0.39, 0.29) is 23.9 Å². The van der Waals surface area contributed by atoms with Crippen LogP contribution in [0.25, 0.3) is 0 Å². The molecular formula is C12H22N2O2. The van der Waals surface area contributed by atoms with E-state index in [4.69, 9.17) is 10.5 Å². The van der Waals surface area contributed by atoms with Gasteiger partial charge < -0.3 is 15.8 Å². The Morgan fingerprint density at radius 1 is 1.38 bits per heavy atom. The lowest BCUT2D eigenvalue weighted by atomic mass is 9.78. The molecule has 0 aromatic carbocycles. The number of carbonyl (C=O) groups excluding carboxylic acids is 1. The van der Waals surface area contributed by atoms with Gasteiger partial charge in [-0.25, -0.2) is 0 Å². The quantitative estimate of drug-likeness (QED) is 0.727. The number of hydrogen-bond donors (Lipinski definition) is 2. The topological polar surface area (TPSA) is 64.3 Å². The van der Waals surface area contributed by atoms with Crippen LogP contribution in [-0.4, -0.2) is 31.2 Å². The van der Waals surface area contributed by atoms with Crippen LogP contribution in [0.2, 0.25) is 0 Å². The van der Waals surface area contributed by atoms with Crippen molar-refractivity contribution >= 4 is 5.91 Å². The normalized spacial score (nSPS) is 39.6. The molecule has 1 aliphatic carbocycles. The van der Waals surface area contributed by atoms with Crippen molar-refractivity contribution in [3.05, 3.63) is 0 Å². The van der Waals surface area contributed by atoms with Gasteiger partial charge in [-0.15, -0.1) is 0 Å². The maximum absolute atomic E-state index is 12.1. The van der Waals surface area contributed by atoms with Crippen LogP contribution in [-0.2, 0) is 9.53 Å². The molecule has 0 spiro atoms. The molecule has 4 unspecified atom stereocenters. The van der Waals surface area contributed by atoms with Gasteiger partial charge >= 0.3 is 0 Å². The van der Waals surface area contributed by atoms with E-state index in [1.807, 2.05) is 0 Å². The van der Waals surface area contributed by atoms with Crippen LogP contribution >= 0.6 is 0 Å². The predicted molar refractivity (Wildman–Crippen MR) is 61.8 cm³/mol. The van der Waals surface area contributed by atoms with E-state index in [1.165, 1.54) is 0 Å². The maximum Gasteiger partial charge on any atom is 0.224 e. The fraction of sp³-hybridized carbons (Fsp3) is 0.917. The number of rotatable bonds is 2. The second kappa shape index (κ2) is 5.15. The molecule has 2 fully saturated rings. The molecule has 16 heavy (non-hydrogen) atoms. The molecule has 4 atom stereocenters. The Morgan fingerprint density at radius 2 is 2.19 bits per heavy atom. The van der Waals surface area contributed by atoms with Crippen molar-refractivity contribution in [1.82, 2.24) is 5.32 Å². The molecule has 92 valence electrons. The molecule has 0 aromatic rings. The van der Waals surface area contributed by atoms with Crippen molar-refractivity contribution in [1.29, 1.82) is 0 Å². The monoisotopic (exact) mass is 226 g/mol. The van der Waals surface area contributed by atoms with Gasteiger partial charge in [0, 0.05) is 12.6 Å². The molecule has 0 aromatic heterocycles. The highest BCUT2D eigenvalue weighted by Gasteiger charge is 2.33. The third-order valence-corrected chi connectivity index (χ3v) is 3.91. The Balaban J connectivity index is 1.87. The van der Waals surface area contributed by atoms with Gasteiger partial charge in [-0.05, 0) is 25.2 Å². The number of amides is 1. The summed E-state index contributed by atoms with van der Waals surface area (Å²) in [6.07, 6.45) is 4.14. The summed E-state index contributed by atoms with van der Waals surface area (Å²) in [6, 6.07) is 0.230. The van der Waals surface area contributed by atoms with Crippen molar-refractivity contribution in [2.24, 2.45) is 17.6 Å². The van der Waals surface area contributed by atoms with E-state index in [0.29, 0.717) is 12.5 Å². The van der Waals surface area contributed by atoms with E-state index in [0.717, 1.165) is 32.3 Å². The van der Waals surface area contributed by atoms with Gasteiger partial charge in [-0.1, -0.05) is 13.3 Å². The van der Waals surface area contributed by atoms with Crippen LogP contribution in [0.4, 0.5) is 0 Å². The number of carbonyl (C=O) groups is 1. The smallest absolute Gasteiger partial charge is 0.224 e. The molecule has 3 N–H and O–H groups in total. The minimum Gasteiger partial charge on any atom is -0.379 e. The first-order valence-corrected chi connectivity index (χ1v) is 6.32. The second-order valence-corrected chi connectivity index (χ2v) is 5.16. The maximum atomic E-state index is 12.1. The van der Waals surface area contributed by atoms with Gasteiger partial charge in [0.25, 0.3) is 0 Å². The van der Waals surface area contributed by atoms with Gasteiger partial charge in [-0.3, -0.25) is 4.79 Å². The first-order chi connectivity index (χ1) is 7.68. The Bertz CT molecular complexity index is 251. The van der Waals surface area contributed by atoms with Crippen molar-refractivity contribution in [3.8, 4) is 0 Å². The minimum absolute atomic E-state index is 0.00403. The summed E-state index contributed by atoms with van der Waals surface area (Å²) in [5, 5.41) is 3.06. The standard InChI is InChI=1S/C12H22N2O2/c1-8-3-2-4-10(11(8)13)12(15)14-9-5-6-16-7-9/h8-11H,2-7,13H2,1H3,(H,14,15). The molecule has 4 heteroatoms. The molecule has 1 saturated heterocycles. The number of nitrogens with two attached hydrogens (primary N) is 1. The van der Waals surface area contributed by atoms with E-state index in [2.05, 4.69) is 12.2 Å². The average Bonchev–Trinajstić information content (AvgIpc) is 2.74. The zero-order valence-corrected chi connectivity index (χ0v) is 9.95. The molecule has 1 heterocycles. The van der Waals surface area contributed by atoms with E-state index in [9.17, 15) is 4.79 Å². The van der Waals surface area contributed by atoms with Gasteiger partial charge in [0.05, 0.1) is 18.6 Å². The molecule has 0 bridgehead atoms. The second-order valence-electron chi connectivity index (χ2n) is 5.16. The number of ether oxygens (including phenoxy) is 1. The lowest BCUT2D eigenvalue weighted by Gasteiger charge is -2.33. The van der Waals surface area contributed by atoms with Gasteiger partial charge in [0.2, 0.25) is 5.91 Å². The van der Waals surface area contributed by atoms with Crippen LogP contribution in [0, 0.1) is 11.8 Å². The SMILES string of the molecule is CC1CCCC(C(=O)NC2CCOC2)C1N. The largest absolute Gasteiger partial charge is 0.379 e. The van der Waals surface area contributed by atoms with Crippen LogP contribution in [0.15, 0.2) is 0 Å². The summed E-state index contributed by atoms with van der Waals surface area (Å²) in [5.74, 6) is 0.600. The summed E-state index contributed by atoms with van der Waals surface area (Å²) in [7, 11) is 0. The Labute approximate surface area is 96.9 Å². The highest BCUT2D eigenvalue weighted by molar-refractivity contribution is 5.79. The third-order valence-electron chi connectivity index (χ3n) is 3.91. The van der Waals surface area contributed by atoms with Crippen LogP contribution in [0.1, 0.15) is 32.6 Å². The summed E-state index contributed by atoms with van der Waals surface area (Å²) < 4.78 is 5.25. The molecule has 2 aliphatic rings. The van der Waals surface area contributed by atoms with E-state index >= 15 is 0 Å². The number of hydrogen-bond acceptors (Lipinski definition) is 3. The van der Waals surface area contributed by atoms with Crippen molar-refractivity contribution in [2.75, 3.05) is 13.2 Å². The van der Waals surface area contributed by atoms with Crippen molar-refractivity contribution in [2.45, 2.75) is 44.7 Å². The molecule has 1 amide bonds. The Hall–Kier alpha value is -0.610. The molecule has 1 aliphatic heterocycles. The van der Waals surface area contributed by atoms with Crippen LogP contribution in [0.5, 0.6) is 0 Å². The fourth-order valence-corrected chi connectivity index (χ4v) is 2.70. The summed E-state index contributed by atoms with van der Waals surface area (Å²) in [4.78, 5) is 12.1. The zero-order valence-electron chi connectivity index (χ0n) is 9.95. The van der Waals surface area contributed by atoms with Gasteiger partial charge in [0.15, 0.2) is 0 Å². The molecular weight excluding hydrogens is 204 g/mol. The predicted octanol–water partition coefficient (Wildman–Crippen LogP) is 0.655. The Kier molecular flexibility index (Phi) is 3.82.